The Morgan fingerprint density at radius 3 is 2.71 bits per heavy atom. The molecule has 2 amide bonds. The summed E-state index contributed by atoms with van der Waals surface area (Å²) in [6.07, 6.45) is 0. The summed E-state index contributed by atoms with van der Waals surface area (Å²) >= 11 is 3.04. The summed E-state index contributed by atoms with van der Waals surface area (Å²) in [7, 11) is 0. The van der Waals surface area contributed by atoms with E-state index in [0.29, 0.717) is 4.47 Å². The molecule has 0 aliphatic carbocycles. The van der Waals surface area contributed by atoms with E-state index in [2.05, 4.69) is 26.6 Å². The van der Waals surface area contributed by atoms with Crippen molar-refractivity contribution >= 4 is 33.4 Å². The first kappa shape index (κ1) is 13.1. The lowest BCUT2D eigenvalue weighted by atomic mass is 10.3. The van der Waals surface area contributed by atoms with Gasteiger partial charge in [0.25, 0.3) is 0 Å². The summed E-state index contributed by atoms with van der Waals surface area (Å²) in [5.74, 6) is -2.32. The van der Waals surface area contributed by atoms with Gasteiger partial charge in [-0.15, -0.1) is 0 Å². The molecule has 7 heteroatoms. The Balaban J connectivity index is 2.68. The van der Waals surface area contributed by atoms with Crippen molar-refractivity contribution in [1.29, 1.82) is 5.26 Å². The van der Waals surface area contributed by atoms with Gasteiger partial charge in [-0.2, -0.15) is 5.26 Å². The van der Waals surface area contributed by atoms with Gasteiger partial charge in [-0.25, -0.2) is 4.39 Å². The van der Waals surface area contributed by atoms with Crippen molar-refractivity contribution in [1.82, 2.24) is 5.32 Å². The first-order valence-corrected chi connectivity index (χ1v) is 5.25. The van der Waals surface area contributed by atoms with Gasteiger partial charge in [0.1, 0.15) is 12.4 Å². The fraction of sp³-hybridized carbons (Fsp3) is 0.100. The largest absolute Gasteiger partial charge is 0.335 e. The van der Waals surface area contributed by atoms with Gasteiger partial charge in [-0.1, -0.05) is 0 Å². The molecule has 0 spiro atoms. The molecule has 0 saturated carbocycles. The molecule has 5 nitrogen and oxygen atoms in total. The maximum atomic E-state index is 12.8. The maximum absolute atomic E-state index is 12.8. The van der Waals surface area contributed by atoms with Crippen LogP contribution in [0.5, 0.6) is 0 Å². The molecule has 0 aromatic heterocycles. The zero-order chi connectivity index (χ0) is 12.8. The molecule has 0 radical (unpaired) electrons. The maximum Gasteiger partial charge on any atom is 0.313 e. The second kappa shape index (κ2) is 5.96. The summed E-state index contributed by atoms with van der Waals surface area (Å²) in [6, 6.07) is 5.28. The monoisotopic (exact) mass is 299 g/mol. The molecule has 0 saturated heterocycles. The van der Waals surface area contributed by atoms with Crippen LogP contribution in [0.25, 0.3) is 0 Å². The molecule has 88 valence electrons. The number of halogens is 2. The highest BCUT2D eigenvalue weighted by molar-refractivity contribution is 9.10. The highest BCUT2D eigenvalue weighted by atomic mass is 79.9. The van der Waals surface area contributed by atoms with Crippen LogP contribution in [0.15, 0.2) is 22.7 Å². The van der Waals surface area contributed by atoms with E-state index in [-0.39, 0.29) is 12.2 Å². The normalized spacial score (nSPS) is 9.24. The van der Waals surface area contributed by atoms with Crippen LogP contribution in [0.3, 0.4) is 0 Å². The zero-order valence-electron chi connectivity index (χ0n) is 8.46. The van der Waals surface area contributed by atoms with Gasteiger partial charge >= 0.3 is 11.8 Å². The molecule has 1 aromatic rings. The quantitative estimate of drug-likeness (QED) is 0.635. The summed E-state index contributed by atoms with van der Waals surface area (Å²) < 4.78 is 13.1. The number of nitriles is 1. The molecule has 17 heavy (non-hydrogen) atoms. The van der Waals surface area contributed by atoms with Gasteiger partial charge in [0.2, 0.25) is 0 Å². The van der Waals surface area contributed by atoms with Gasteiger partial charge in [0, 0.05) is 4.47 Å². The number of hydrogen-bond acceptors (Lipinski definition) is 3. The molecule has 0 unspecified atom stereocenters. The van der Waals surface area contributed by atoms with Crippen LogP contribution in [0.2, 0.25) is 0 Å². The Labute approximate surface area is 105 Å². The number of carbonyl (C=O) groups is 2. The van der Waals surface area contributed by atoms with Crippen molar-refractivity contribution in [3.8, 4) is 6.07 Å². The number of nitrogens with one attached hydrogen (secondary N) is 2. The van der Waals surface area contributed by atoms with E-state index in [4.69, 9.17) is 5.26 Å². The first-order chi connectivity index (χ1) is 8.04. The Morgan fingerprint density at radius 2 is 2.12 bits per heavy atom. The second-order valence-corrected chi connectivity index (χ2v) is 3.77. The van der Waals surface area contributed by atoms with Gasteiger partial charge in [0.15, 0.2) is 0 Å². The average Bonchev–Trinajstić information content (AvgIpc) is 2.29. The number of amides is 2. The second-order valence-electron chi connectivity index (χ2n) is 2.92. The van der Waals surface area contributed by atoms with Crippen molar-refractivity contribution in [3.05, 3.63) is 28.5 Å². The molecular formula is C10H7BrFN3O2. The van der Waals surface area contributed by atoms with Crippen LogP contribution >= 0.6 is 15.9 Å². The minimum atomic E-state index is -0.928. The van der Waals surface area contributed by atoms with Crippen molar-refractivity contribution < 1.29 is 14.0 Å². The van der Waals surface area contributed by atoms with Crippen LogP contribution < -0.4 is 10.6 Å². The number of rotatable bonds is 2. The Morgan fingerprint density at radius 1 is 1.41 bits per heavy atom. The van der Waals surface area contributed by atoms with Crippen LogP contribution in [0.4, 0.5) is 10.1 Å². The molecule has 1 rings (SSSR count). The standard InChI is InChI=1S/C10H7BrFN3O2/c11-7-5-6(12)1-2-8(7)15-10(17)9(16)14-4-3-13/h1-2,5H,4H2,(H,14,16)(H,15,17). The molecule has 1 aromatic carbocycles. The summed E-state index contributed by atoms with van der Waals surface area (Å²) in [5, 5.41) is 12.6. The SMILES string of the molecule is N#CCNC(=O)C(=O)Nc1ccc(F)cc1Br. The van der Waals surface area contributed by atoms with Gasteiger partial charge < -0.3 is 10.6 Å². The summed E-state index contributed by atoms with van der Waals surface area (Å²) in [5.41, 5.74) is 0.267. The van der Waals surface area contributed by atoms with Crippen LogP contribution in [0, 0.1) is 17.1 Å². The lowest BCUT2D eigenvalue weighted by Gasteiger charge is -2.06. The number of carbonyl (C=O) groups excluding carboxylic acids is 2. The van der Waals surface area contributed by atoms with E-state index in [0.717, 1.165) is 12.1 Å². The average molecular weight is 300 g/mol. The summed E-state index contributed by atoms with van der Waals surface area (Å²) in [6.45, 7) is -0.253. The van der Waals surface area contributed by atoms with E-state index in [1.807, 2.05) is 0 Å². The van der Waals surface area contributed by atoms with Crippen LogP contribution in [-0.4, -0.2) is 18.4 Å². The van der Waals surface area contributed by atoms with E-state index in [1.165, 1.54) is 6.07 Å². The number of hydrogen-bond donors (Lipinski definition) is 2. The van der Waals surface area contributed by atoms with E-state index in [1.54, 1.807) is 6.07 Å². The third-order valence-electron chi connectivity index (χ3n) is 1.71. The van der Waals surface area contributed by atoms with Gasteiger partial charge in [-0.05, 0) is 34.1 Å². The molecule has 0 bridgehead atoms. The molecular weight excluding hydrogens is 293 g/mol. The lowest BCUT2D eigenvalue weighted by Crippen LogP contribution is -2.35. The zero-order valence-corrected chi connectivity index (χ0v) is 10.0. The van der Waals surface area contributed by atoms with E-state index >= 15 is 0 Å². The molecule has 0 fully saturated rings. The van der Waals surface area contributed by atoms with Crippen LogP contribution in [0.1, 0.15) is 0 Å². The Kier molecular flexibility index (Phi) is 4.60. The fourth-order valence-electron chi connectivity index (χ4n) is 0.970. The minimum Gasteiger partial charge on any atom is -0.335 e. The predicted molar refractivity (Wildman–Crippen MR) is 61.4 cm³/mol. The van der Waals surface area contributed by atoms with Crippen molar-refractivity contribution in [3.63, 3.8) is 0 Å². The number of benzene rings is 1. The third kappa shape index (κ3) is 3.85. The number of anilines is 1. The topological polar surface area (TPSA) is 82.0 Å². The molecule has 0 heterocycles. The fourth-order valence-corrected chi connectivity index (χ4v) is 1.42. The first-order valence-electron chi connectivity index (χ1n) is 4.45. The van der Waals surface area contributed by atoms with Gasteiger partial charge in [-0.3, -0.25) is 9.59 Å². The predicted octanol–water partition coefficient (Wildman–Crippen LogP) is 1.17. The highest BCUT2D eigenvalue weighted by Crippen LogP contribution is 2.22. The molecule has 0 aliphatic rings. The van der Waals surface area contributed by atoms with Crippen molar-refractivity contribution in [2.75, 3.05) is 11.9 Å². The van der Waals surface area contributed by atoms with E-state index in [9.17, 15) is 14.0 Å². The third-order valence-corrected chi connectivity index (χ3v) is 2.37. The van der Waals surface area contributed by atoms with Gasteiger partial charge in [0.05, 0.1) is 11.8 Å². The van der Waals surface area contributed by atoms with Crippen molar-refractivity contribution in [2.24, 2.45) is 0 Å². The van der Waals surface area contributed by atoms with Crippen LogP contribution in [-0.2, 0) is 9.59 Å². The molecule has 2 N–H and O–H groups in total. The Hall–Kier alpha value is -1.94. The van der Waals surface area contributed by atoms with E-state index < -0.39 is 17.6 Å². The molecule has 0 atom stereocenters. The van der Waals surface area contributed by atoms with Crippen molar-refractivity contribution in [2.45, 2.75) is 0 Å². The smallest absolute Gasteiger partial charge is 0.313 e. The number of nitrogens with zero attached hydrogens (tertiary/aromatic N) is 1. The Bertz CT molecular complexity index is 499. The lowest BCUT2D eigenvalue weighted by molar-refractivity contribution is -0.136. The minimum absolute atomic E-state index is 0.253. The summed E-state index contributed by atoms with van der Waals surface area (Å²) in [4.78, 5) is 22.4. The highest BCUT2D eigenvalue weighted by Gasteiger charge is 2.14. The molecule has 0 aliphatic heterocycles.